The van der Waals surface area contributed by atoms with Crippen LogP contribution in [0.25, 0.3) is 0 Å². The Balaban J connectivity index is 2.10. The second kappa shape index (κ2) is 5.41. The number of nitrogens with two attached hydrogens (primary N) is 1. The molecule has 0 amide bonds. The largest absolute Gasteiger partial charge is 0.329 e. The van der Waals surface area contributed by atoms with Crippen LogP contribution in [-0.4, -0.2) is 29.5 Å². The number of likely N-dealkylation sites (tertiary alicyclic amines) is 1. The first-order valence-corrected chi connectivity index (χ1v) is 6.15. The van der Waals surface area contributed by atoms with Crippen molar-refractivity contribution in [2.45, 2.75) is 25.8 Å². The third kappa shape index (κ3) is 2.60. The second-order valence-corrected chi connectivity index (χ2v) is 4.77. The molecule has 1 aromatic heterocycles. The van der Waals surface area contributed by atoms with Crippen LogP contribution >= 0.6 is 0 Å². The van der Waals surface area contributed by atoms with Gasteiger partial charge in [-0.05, 0) is 43.0 Å². The molecule has 2 unspecified atom stereocenters. The first-order chi connectivity index (χ1) is 7.81. The van der Waals surface area contributed by atoms with Crippen molar-refractivity contribution in [1.82, 2.24) is 9.88 Å². The Morgan fingerprint density at radius 2 is 2.25 bits per heavy atom. The number of hydrogen-bond donors (Lipinski definition) is 1. The molecule has 1 fully saturated rings. The summed E-state index contributed by atoms with van der Waals surface area (Å²) in [6.07, 6.45) is 6.35. The summed E-state index contributed by atoms with van der Waals surface area (Å²) < 4.78 is 0. The van der Waals surface area contributed by atoms with E-state index in [1.807, 2.05) is 12.4 Å². The molecule has 2 atom stereocenters. The topological polar surface area (TPSA) is 42.1 Å². The highest BCUT2D eigenvalue weighted by molar-refractivity contribution is 5.15. The van der Waals surface area contributed by atoms with Gasteiger partial charge in [0.15, 0.2) is 0 Å². The molecule has 0 spiro atoms. The number of piperidine rings is 1. The van der Waals surface area contributed by atoms with Gasteiger partial charge in [-0.25, -0.2) is 0 Å². The zero-order chi connectivity index (χ0) is 11.4. The average Bonchev–Trinajstić information content (AvgIpc) is 2.31. The molecule has 1 aromatic rings. The van der Waals surface area contributed by atoms with E-state index in [1.54, 1.807) is 0 Å². The number of hydrogen-bond acceptors (Lipinski definition) is 3. The highest BCUT2D eigenvalue weighted by Gasteiger charge is 2.23. The molecular weight excluding hydrogens is 198 g/mol. The molecule has 2 heterocycles. The molecule has 0 radical (unpaired) electrons. The van der Waals surface area contributed by atoms with E-state index in [1.165, 1.54) is 31.5 Å². The Kier molecular flexibility index (Phi) is 3.91. The van der Waals surface area contributed by atoms with Crippen LogP contribution in [0.4, 0.5) is 0 Å². The molecule has 1 aliphatic rings. The normalized spacial score (nSPS) is 24.2. The molecule has 1 saturated heterocycles. The van der Waals surface area contributed by atoms with Gasteiger partial charge < -0.3 is 5.73 Å². The van der Waals surface area contributed by atoms with E-state index in [-0.39, 0.29) is 0 Å². The van der Waals surface area contributed by atoms with Crippen LogP contribution in [0.3, 0.4) is 0 Å². The summed E-state index contributed by atoms with van der Waals surface area (Å²) in [6.45, 7) is 5.36. The van der Waals surface area contributed by atoms with Gasteiger partial charge in [-0.1, -0.05) is 6.92 Å². The number of aromatic nitrogens is 1. The summed E-state index contributed by atoms with van der Waals surface area (Å²) in [5.41, 5.74) is 7.22. The quantitative estimate of drug-likeness (QED) is 0.843. The molecule has 0 bridgehead atoms. The van der Waals surface area contributed by atoms with Gasteiger partial charge in [0.05, 0.1) is 0 Å². The zero-order valence-corrected chi connectivity index (χ0v) is 9.97. The lowest BCUT2D eigenvalue weighted by Gasteiger charge is -2.37. The molecule has 16 heavy (non-hydrogen) atoms. The summed E-state index contributed by atoms with van der Waals surface area (Å²) in [5, 5.41) is 0. The molecule has 2 N–H and O–H groups in total. The minimum atomic E-state index is 0.366. The van der Waals surface area contributed by atoms with Crippen molar-refractivity contribution >= 4 is 0 Å². The molecular formula is C13H21N3. The minimum absolute atomic E-state index is 0.366. The van der Waals surface area contributed by atoms with E-state index in [0.29, 0.717) is 12.6 Å². The number of nitrogens with zero attached hydrogens (tertiary/aromatic N) is 2. The lowest BCUT2D eigenvalue weighted by atomic mass is 9.96. The van der Waals surface area contributed by atoms with Crippen molar-refractivity contribution in [3.8, 4) is 0 Å². The van der Waals surface area contributed by atoms with E-state index in [4.69, 9.17) is 5.73 Å². The number of pyridine rings is 1. The fourth-order valence-corrected chi connectivity index (χ4v) is 2.59. The van der Waals surface area contributed by atoms with Crippen LogP contribution in [0.5, 0.6) is 0 Å². The lowest BCUT2D eigenvalue weighted by Crippen LogP contribution is -2.40. The molecule has 1 aliphatic heterocycles. The van der Waals surface area contributed by atoms with Crippen molar-refractivity contribution in [1.29, 1.82) is 0 Å². The Hall–Kier alpha value is -0.930. The van der Waals surface area contributed by atoms with Gasteiger partial charge in [-0.2, -0.15) is 0 Å². The van der Waals surface area contributed by atoms with Gasteiger partial charge in [0.25, 0.3) is 0 Å². The van der Waals surface area contributed by atoms with Crippen molar-refractivity contribution in [3.63, 3.8) is 0 Å². The maximum atomic E-state index is 5.92. The standard InChI is InChI=1S/C13H21N3/c1-11-3-2-8-16(10-11)13(9-14)12-4-6-15-7-5-12/h4-7,11,13H,2-3,8-10,14H2,1H3. The van der Waals surface area contributed by atoms with E-state index < -0.39 is 0 Å². The van der Waals surface area contributed by atoms with Crippen LogP contribution in [0.2, 0.25) is 0 Å². The van der Waals surface area contributed by atoms with Gasteiger partial charge in [0.1, 0.15) is 0 Å². The second-order valence-electron chi connectivity index (χ2n) is 4.77. The third-order valence-corrected chi connectivity index (χ3v) is 3.44. The van der Waals surface area contributed by atoms with Crippen LogP contribution < -0.4 is 5.73 Å². The highest BCUT2D eigenvalue weighted by Crippen LogP contribution is 2.25. The van der Waals surface area contributed by atoms with E-state index >= 15 is 0 Å². The van der Waals surface area contributed by atoms with Crippen molar-refractivity contribution in [2.75, 3.05) is 19.6 Å². The maximum absolute atomic E-state index is 5.92. The molecule has 88 valence electrons. The van der Waals surface area contributed by atoms with Gasteiger partial charge in [0, 0.05) is 31.5 Å². The van der Waals surface area contributed by atoms with Gasteiger partial charge >= 0.3 is 0 Å². The average molecular weight is 219 g/mol. The monoisotopic (exact) mass is 219 g/mol. The summed E-state index contributed by atoms with van der Waals surface area (Å²) in [6, 6.07) is 4.53. The Morgan fingerprint density at radius 1 is 1.50 bits per heavy atom. The fraction of sp³-hybridized carbons (Fsp3) is 0.615. The minimum Gasteiger partial charge on any atom is -0.329 e. The molecule has 3 nitrogen and oxygen atoms in total. The fourth-order valence-electron chi connectivity index (χ4n) is 2.59. The van der Waals surface area contributed by atoms with Crippen molar-refractivity contribution < 1.29 is 0 Å². The predicted molar refractivity (Wildman–Crippen MR) is 66.0 cm³/mol. The SMILES string of the molecule is CC1CCCN(C(CN)c2ccncc2)C1. The maximum Gasteiger partial charge on any atom is 0.0471 e. The molecule has 0 saturated carbocycles. The van der Waals surface area contributed by atoms with Crippen LogP contribution in [0.15, 0.2) is 24.5 Å². The summed E-state index contributed by atoms with van der Waals surface area (Å²) in [7, 11) is 0. The molecule has 0 aliphatic carbocycles. The number of rotatable bonds is 3. The van der Waals surface area contributed by atoms with Crippen LogP contribution in [0.1, 0.15) is 31.4 Å². The zero-order valence-electron chi connectivity index (χ0n) is 9.97. The summed E-state index contributed by atoms with van der Waals surface area (Å²) in [4.78, 5) is 6.58. The lowest BCUT2D eigenvalue weighted by molar-refractivity contribution is 0.133. The van der Waals surface area contributed by atoms with E-state index in [9.17, 15) is 0 Å². The Morgan fingerprint density at radius 3 is 2.88 bits per heavy atom. The first kappa shape index (κ1) is 11.6. The highest BCUT2D eigenvalue weighted by atomic mass is 15.2. The third-order valence-electron chi connectivity index (χ3n) is 3.44. The van der Waals surface area contributed by atoms with Crippen molar-refractivity contribution in [2.24, 2.45) is 11.7 Å². The first-order valence-electron chi connectivity index (χ1n) is 6.15. The Bertz CT molecular complexity index is 312. The van der Waals surface area contributed by atoms with E-state index in [0.717, 1.165) is 5.92 Å². The van der Waals surface area contributed by atoms with Gasteiger partial charge in [0.2, 0.25) is 0 Å². The van der Waals surface area contributed by atoms with Crippen molar-refractivity contribution in [3.05, 3.63) is 30.1 Å². The Labute approximate surface area is 97.7 Å². The molecule has 0 aromatic carbocycles. The summed E-state index contributed by atoms with van der Waals surface area (Å²) in [5.74, 6) is 0.796. The van der Waals surface area contributed by atoms with Crippen LogP contribution in [0, 0.1) is 5.92 Å². The van der Waals surface area contributed by atoms with Gasteiger partial charge in [-0.3, -0.25) is 9.88 Å². The van der Waals surface area contributed by atoms with E-state index in [2.05, 4.69) is 28.9 Å². The smallest absolute Gasteiger partial charge is 0.0471 e. The van der Waals surface area contributed by atoms with Gasteiger partial charge in [-0.15, -0.1) is 0 Å². The molecule has 3 heteroatoms. The van der Waals surface area contributed by atoms with Crippen LogP contribution in [-0.2, 0) is 0 Å². The molecule has 2 rings (SSSR count). The summed E-state index contributed by atoms with van der Waals surface area (Å²) >= 11 is 0. The predicted octanol–water partition coefficient (Wildman–Crippen LogP) is 1.81.